The van der Waals surface area contributed by atoms with E-state index in [0.717, 1.165) is 27.5 Å². The Morgan fingerprint density at radius 1 is 0.846 bits per heavy atom. The molecule has 1 heterocycles. The molecule has 0 atom stereocenters. The van der Waals surface area contributed by atoms with Crippen LogP contribution in [0.4, 0.5) is 5.69 Å². The minimum absolute atomic E-state index is 0.0248. The van der Waals surface area contributed by atoms with Gasteiger partial charge in [0.05, 0.1) is 0 Å². The minimum atomic E-state index is 0.0248. The van der Waals surface area contributed by atoms with Crippen molar-refractivity contribution in [2.45, 2.75) is 26.2 Å². The Bertz CT molecular complexity index is 923. The maximum Gasteiger partial charge on any atom is 0.0485 e. The Kier molecular flexibility index (Phi) is 5.06. The van der Waals surface area contributed by atoms with E-state index in [1.165, 1.54) is 11.1 Å². The van der Waals surface area contributed by atoms with Crippen molar-refractivity contribution >= 4 is 17.3 Å². The number of nitrogens with zero attached hydrogens (tertiary/aromatic N) is 2. The number of aromatic nitrogens is 1. The molecular weight excluding hydrogens is 340 g/mol. The maximum atomic E-state index is 6.49. The van der Waals surface area contributed by atoms with Crippen LogP contribution >= 0.6 is 11.6 Å². The summed E-state index contributed by atoms with van der Waals surface area (Å²) in [4.78, 5) is 6.62. The van der Waals surface area contributed by atoms with Crippen LogP contribution in [0.5, 0.6) is 0 Å². The quantitative estimate of drug-likeness (QED) is 0.532. The Labute approximate surface area is 161 Å². The van der Waals surface area contributed by atoms with Crippen LogP contribution in [-0.4, -0.2) is 19.1 Å². The van der Waals surface area contributed by atoms with Crippen molar-refractivity contribution in [3.05, 3.63) is 71.5 Å². The third kappa shape index (κ3) is 3.91. The largest absolute Gasteiger partial charge is 0.378 e. The molecule has 3 aromatic rings. The third-order valence-electron chi connectivity index (χ3n) is 4.50. The normalized spacial score (nSPS) is 11.5. The van der Waals surface area contributed by atoms with Gasteiger partial charge >= 0.3 is 0 Å². The first kappa shape index (κ1) is 18.5. The number of pyridine rings is 1. The number of rotatable bonds is 3. The van der Waals surface area contributed by atoms with Crippen molar-refractivity contribution in [3.8, 4) is 22.3 Å². The monoisotopic (exact) mass is 364 g/mol. The van der Waals surface area contributed by atoms with Gasteiger partial charge in [-0.3, -0.25) is 4.98 Å². The molecule has 0 aliphatic heterocycles. The molecule has 0 fully saturated rings. The van der Waals surface area contributed by atoms with Crippen molar-refractivity contribution < 1.29 is 0 Å². The topological polar surface area (TPSA) is 16.1 Å². The third-order valence-corrected chi connectivity index (χ3v) is 4.83. The van der Waals surface area contributed by atoms with Crippen LogP contribution < -0.4 is 4.90 Å². The van der Waals surface area contributed by atoms with E-state index >= 15 is 0 Å². The summed E-state index contributed by atoms with van der Waals surface area (Å²) in [5, 5.41) is 0.762. The lowest BCUT2D eigenvalue weighted by Crippen LogP contribution is -2.13. The van der Waals surface area contributed by atoms with E-state index in [4.69, 9.17) is 11.6 Å². The molecule has 0 spiro atoms. The van der Waals surface area contributed by atoms with Gasteiger partial charge in [-0.2, -0.15) is 0 Å². The highest BCUT2D eigenvalue weighted by Gasteiger charge is 2.16. The van der Waals surface area contributed by atoms with E-state index in [1.807, 2.05) is 32.4 Å². The van der Waals surface area contributed by atoms with Gasteiger partial charge in [0, 0.05) is 47.7 Å². The van der Waals surface area contributed by atoms with Gasteiger partial charge in [-0.1, -0.05) is 50.6 Å². The SMILES string of the molecule is CN(C)c1ccc(Cl)c(-c2cccc(-c3ccnc(C(C)(C)C)c3)c2)c1. The molecule has 0 amide bonds. The number of hydrogen-bond donors (Lipinski definition) is 0. The fourth-order valence-electron chi connectivity index (χ4n) is 2.90. The molecule has 3 rings (SSSR count). The lowest BCUT2D eigenvalue weighted by molar-refractivity contribution is 0.569. The molecule has 0 radical (unpaired) electrons. The van der Waals surface area contributed by atoms with Crippen LogP contribution in [0.1, 0.15) is 26.5 Å². The standard InChI is InChI=1S/C23H25ClN2/c1-23(2,3)22-14-17(11-12-25-22)16-7-6-8-18(13-16)20-15-19(26(4)5)9-10-21(20)24/h6-15H,1-5H3. The van der Waals surface area contributed by atoms with Gasteiger partial charge < -0.3 is 4.90 Å². The van der Waals surface area contributed by atoms with Gasteiger partial charge in [0.25, 0.3) is 0 Å². The maximum absolute atomic E-state index is 6.49. The molecular formula is C23H25ClN2. The summed E-state index contributed by atoms with van der Waals surface area (Å²) in [6.07, 6.45) is 1.89. The molecule has 3 heteroatoms. The molecule has 0 saturated carbocycles. The van der Waals surface area contributed by atoms with E-state index in [9.17, 15) is 0 Å². The first-order chi connectivity index (χ1) is 12.3. The van der Waals surface area contributed by atoms with Gasteiger partial charge in [0.1, 0.15) is 0 Å². The number of halogens is 1. The van der Waals surface area contributed by atoms with Crippen LogP contribution in [0, 0.1) is 0 Å². The van der Waals surface area contributed by atoms with Crippen molar-refractivity contribution in [1.82, 2.24) is 4.98 Å². The predicted octanol–water partition coefficient (Wildman–Crippen LogP) is 6.43. The first-order valence-corrected chi connectivity index (χ1v) is 9.18. The van der Waals surface area contributed by atoms with E-state index < -0.39 is 0 Å². The van der Waals surface area contributed by atoms with E-state index in [1.54, 1.807) is 0 Å². The molecule has 0 bridgehead atoms. The highest BCUT2D eigenvalue weighted by atomic mass is 35.5. The number of benzene rings is 2. The first-order valence-electron chi connectivity index (χ1n) is 8.80. The smallest absolute Gasteiger partial charge is 0.0485 e. The second kappa shape index (κ2) is 7.13. The van der Waals surface area contributed by atoms with Crippen LogP contribution in [0.25, 0.3) is 22.3 Å². The van der Waals surface area contributed by atoms with E-state index in [2.05, 4.69) is 73.1 Å². The summed E-state index contributed by atoms with van der Waals surface area (Å²) in [7, 11) is 4.07. The summed E-state index contributed by atoms with van der Waals surface area (Å²) in [6, 6.07) is 18.9. The Morgan fingerprint density at radius 3 is 2.23 bits per heavy atom. The summed E-state index contributed by atoms with van der Waals surface area (Å²) >= 11 is 6.49. The van der Waals surface area contributed by atoms with Crippen molar-refractivity contribution in [2.24, 2.45) is 0 Å². The van der Waals surface area contributed by atoms with Crippen LogP contribution in [-0.2, 0) is 5.41 Å². The second-order valence-corrected chi connectivity index (χ2v) is 8.23. The molecule has 0 aliphatic rings. The molecule has 2 nitrogen and oxygen atoms in total. The average Bonchev–Trinajstić information content (AvgIpc) is 2.61. The lowest BCUT2D eigenvalue weighted by atomic mass is 9.89. The van der Waals surface area contributed by atoms with Gasteiger partial charge in [0.2, 0.25) is 0 Å². The summed E-state index contributed by atoms with van der Waals surface area (Å²) in [5.74, 6) is 0. The van der Waals surface area contributed by atoms with Crippen LogP contribution in [0.15, 0.2) is 60.8 Å². The molecule has 1 aromatic heterocycles. The zero-order valence-corrected chi connectivity index (χ0v) is 16.8. The number of hydrogen-bond acceptors (Lipinski definition) is 2. The van der Waals surface area contributed by atoms with Crippen molar-refractivity contribution in [2.75, 3.05) is 19.0 Å². The van der Waals surface area contributed by atoms with Crippen LogP contribution in [0.3, 0.4) is 0 Å². The van der Waals surface area contributed by atoms with E-state index in [0.29, 0.717) is 0 Å². The predicted molar refractivity (Wildman–Crippen MR) is 113 cm³/mol. The van der Waals surface area contributed by atoms with Gasteiger partial charge in [-0.15, -0.1) is 0 Å². The lowest BCUT2D eigenvalue weighted by Gasteiger charge is -2.18. The fraction of sp³-hybridized carbons (Fsp3) is 0.261. The molecule has 0 N–H and O–H groups in total. The van der Waals surface area contributed by atoms with E-state index in [-0.39, 0.29) is 5.41 Å². The van der Waals surface area contributed by atoms with Gasteiger partial charge in [0.15, 0.2) is 0 Å². The molecule has 0 unspecified atom stereocenters. The molecule has 0 aliphatic carbocycles. The fourth-order valence-corrected chi connectivity index (χ4v) is 3.13. The van der Waals surface area contributed by atoms with Gasteiger partial charge in [-0.05, 0) is 53.1 Å². The van der Waals surface area contributed by atoms with Crippen molar-refractivity contribution in [3.63, 3.8) is 0 Å². The summed E-state index contributed by atoms with van der Waals surface area (Å²) in [5.41, 5.74) is 6.75. The highest BCUT2D eigenvalue weighted by molar-refractivity contribution is 6.33. The molecule has 26 heavy (non-hydrogen) atoms. The minimum Gasteiger partial charge on any atom is -0.378 e. The molecule has 2 aromatic carbocycles. The van der Waals surface area contributed by atoms with Crippen LogP contribution in [0.2, 0.25) is 5.02 Å². The Morgan fingerprint density at radius 2 is 1.54 bits per heavy atom. The number of anilines is 1. The average molecular weight is 365 g/mol. The highest BCUT2D eigenvalue weighted by Crippen LogP contribution is 2.34. The summed E-state index contributed by atoms with van der Waals surface area (Å²) in [6.45, 7) is 6.55. The van der Waals surface area contributed by atoms with Crippen molar-refractivity contribution in [1.29, 1.82) is 0 Å². The zero-order valence-electron chi connectivity index (χ0n) is 16.0. The summed E-state index contributed by atoms with van der Waals surface area (Å²) < 4.78 is 0. The Hall–Kier alpha value is -2.32. The van der Waals surface area contributed by atoms with Gasteiger partial charge in [-0.25, -0.2) is 0 Å². The molecule has 134 valence electrons. The Balaban J connectivity index is 2.06. The molecule has 0 saturated heterocycles. The zero-order chi connectivity index (χ0) is 18.9. The second-order valence-electron chi connectivity index (χ2n) is 7.82.